The molecule has 0 aromatic heterocycles. The van der Waals surface area contributed by atoms with Gasteiger partial charge in [0.05, 0.1) is 13.1 Å². The van der Waals surface area contributed by atoms with Crippen molar-refractivity contribution in [2.24, 2.45) is 5.92 Å². The molecule has 1 fully saturated rings. The van der Waals surface area contributed by atoms with Crippen molar-refractivity contribution in [2.45, 2.75) is 53.0 Å². The number of hydrogen-bond donors (Lipinski definition) is 0. The Morgan fingerprint density at radius 1 is 1.31 bits per heavy atom. The highest BCUT2D eigenvalue weighted by molar-refractivity contribution is 4.74. The molecule has 1 rings (SSSR count). The van der Waals surface area contributed by atoms with Crippen LogP contribution in [0.3, 0.4) is 0 Å². The minimum Gasteiger partial charge on any atom is -0.312 e. The van der Waals surface area contributed by atoms with Gasteiger partial charge in [-0.05, 0) is 13.3 Å². The predicted molar refractivity (Wildman–Crippen MR) is 58.7 cm³/mol. The van der Waals surface area contributed by atoms with E-state index >= 15 is 0 Å². The third-order valence-electron chi connectivity index (χ3n) is 3.46. The second kappa shape index (κ2) is 4.45. The van der Waals surface area contributed by atoms with Crippen molar-refractivity contribution in [1.82, 2.24) is 0 Å². The van der Waals surface area contributed by atoms with Gasteiger partial charge in [-0.15, -0.1) is 0 Å². The van der Waals surface area contributed by atoms with Gasteiger partial charge in [0.25, 0.3) is 0 Å². The van der Waals surface area contributed by atoms with E-state index in [1.807, 2.05) is 0 Å². The monoisotopic (exact) mass is 184 g/mol. The average Bonchev–Trinajstić information content (AvgIpc) is 2.75. The molecule has 0 radical (unpaired) electrons. The number of hydrogen-bond acceptors (Lipinski definition) is 0. The normalized spacial score (nSPS) is 32.5. The van der Waals surface area contributed by atoms with Crippen LogP contribution in [-0.2, 0) is 0 Å². The van der Waals surface area contributed by atoms with E-state index < -0.39 is 0 Å². The summed E-state index contributed by atoms with van der Waals surface area (Å²) in [7, 11) is 0. The maximum atomic E-state index is 2.36. The fourth-order valence-electron chi connectivity index (χ4n) is 2.64. The second-order valence-electron chi connectivity index (χ2n) is 5.09. The molecule has 13 heavy (non-hydrogen) atoms. The van der Waals surface area contributed by atoms with E-state index in [2.05, 4.69) is 27.7 Å². The SMILES string of the molecule is CCCCC1C[N+]1(CC)CC(C)C. The van der Waals surface area contributed by atoms with E-state index in [0.29, 0.717) is 0 Å². The first-order chi connectivity index (χ1) is 6.14. The smallest absolute Gasteiger partial charge is 0.139 e. The van der Waals surface area contributed by atoms with E-state index in [0.717, 1.165) is 12.0 Å². The van der Waals surface area contributed by atoms with E-state index in [-0.39, 0.29) is 0 Å². The Hall–Kier alpha value is -0.0400. The van der Waals surface area contributed by atoms with Crippen LogP contribution in [0.15, 0.2) is 0 Å². The number of nitrogens with zero attached hydrogens (tertiary/aromatic N) is 1. The Labute approximate surface area is 83.7 Å². The van der Waals surface area contributed by atoms with Crippen LogP contribution < -0.4 is 0 Å². The first-order valence-corrected chi connectivity index (χ1v) is 6.00. The average molecular weight is 184 g/mol. The summed E-state index contributed by atoms with van der Waals surface area (Å²) in [5.41, 5.74) is 0. The molecule has 0 amide bonds. The molecular formula is C12H26N+. The van der Waals surface area contributed by atoms with Gasteiger partial charge in [0.1, 0.15) is 12.6 Å². The molecule has 0 bridgehead atoms. The van der Waals surface area contributed by atoms with Gasteiger partial charge >= 0.3 is 0 Å². The number of rotatable bonds is 6. The van der Waals surface area contributed by atoms with E-state index in [1.165, 1.54) is 43.4 Å². The molecule has 78 valence electrons. The summed E-state index contributed by atoms with van der Waals surface area (Å²) >= 11 is 0. The van der Waals surface area contributed by atoms with Crippen LogP contribution in [0.25, 0.3) is 0 Å². The van der Waals surface area contributed by atoms with E-state index in [9.17, 15) is 0 Å². The zero-order valence-electron chi connectivity index (χ0n) is 9.84. The number of unbranched alkanes of at least 4 members (excludes halogenated alkanes) is 1. The summed E-state index contributed by atoms with van der Waals surface area (Å²) in [6.07, 6.45) is 4.27. The lowest BCUT2D eigenvalue weighted by molar-refractivity contribution is -0.815. The fourth-order valence-corrected chi connectivity index (χ4v) is 2.64. The Balaban J connectivity index is 2.30. The van der Waals surface area contributed by atoms with Gasteiger partial charge in [0.2, 0.25) is 0 Å². The van der Waals surface area contributed by atoms with Gasteiger partial charge in [-0.25, -0.2) is 0 Å². The molecule has 0 saturated carbocycles. The summed E-state index contributed by atoms with van der Waals surface area (Å²) in [4.78, 5) is 0. The Morgan fingerprint density at radius 3 is 2.46 bits per heavy atom. The van der Waals surface area contributed by atoms with Crippen LogP contribution in [0.2, 0.25) is 0 Å². The third kappa shape index (κ3) is 2.70. The van der Waals surface area contributed by atoms with Crippen molar-refractivity contribution in [3.05, 3.63) is 0 Å². The summed E-state index contributed by atoms with van der Waals surface area (Å²) in [5.74, 6) is 0.867. The Kier molecular flexibility index (Phi) is 3.78. The lowest BCUT2D eigenvalue weighted by Crippen LogP contribution is -2.32. The summed E-state index contributed by atoms with van der Waals surface area (Å²) in [6, 6.07) is 1.02. The van der Waals surface area contributed by atoms with Gasteiger partial charge in [-0.1, -0.05) is 27.2 Å². The molecule has 1 saturated heterocycles. The maximum absolute atomic E-state index is 2.36. The van der Waals surface area contributed by atoms with Crippen LogP contribution in [0.1, 0.15) is 47.0 Å². The second-order valence-corrected chi connectivity index (χ2v) is 5.09. The molecule has 0 spiro atoms. The highest BCUT2D eigenvalue weighted by Crippen LogP contribution is 2.35. The number of quaternary nitrogens is 1. The molecule has 2 unspecified atom stereocenters. The van der Waals surface area contributed by atoms with Crippen molar-refractivity contribution >= 4 is 0 Å². The van der Waals surface area contributed by atoms with Crippen LogP contribution >= 0.6 is 0 Å². The zero-order valence-corrected chi connectivity index (χ0v) is 9.84. The van der Waals surface area contributed by atoms with Crippen molar-refractivity contribution in [3.8, 4) is 0 Å². The quantitative estimate of drug-likeness (QED) is 0.439. The molecular weight excluding hydrogens is 158 g/mol. The van der Waals surface area contributed by atoms with Crippen molar-refractivity contribution in [3.63, 3.8) is 0 Å². The molecule has 1 heteroatoms. The van der Waals surface area contributed by atoms with Gasteiger partial charge < -0.3 is 4.48 Å². The summed E-state index contributed by atoms with van der Waals surface area (Å²) in [6.45, 7) is 13.6. The Morgan fingerprint density at radius 2 is 2.00 bits per heavy atom. The minimum atomic E-state index is 0.867. The van der Waals surface area contributed by atoms with Gasteiger partial charge in [-0.3, -0.25) is 0 Å². The molecule has 0 aromatic rings. The first-order valence-electron chi connectivity index (χ1n) is 6.00. The van der Waals surface area contributed by atoms with Crippen LogP contribution in [0.5, 0.6) is 0 Å². The molecule has 1 nitrogen and oxygen atoms in total. The Bertz CT molecular complexity index is 153. The maximum Gasteiger partial charge on any atom is 0.139 e. The molecule has 1 aliphatic heterocycles. The third-order valence-corrected chi connectivity index (χ3v) is 3.46. The highest BCUT2D eigenvalue weighted by atomic mass is 15.5. The minimum absolute atomic E-state index is 0.867. The van der Waals surface area contributed by atoms with Crippen LogP contribution in [0.4, 0.5) is 0 Å². The summed E-state index contributed by atoms with van der Waals surface area (Å²) in [5, 5.41) is 0. The van der Waals surface area contributed by atoms with Crippen LogP contribution in [0, 0.1) is 5.92 Å². The molecule has 1 heterocycles. The fraction of sp³-hybridized carbons (Fsp3) is 1.00. The molecule has 2 atom stereocenters. The van der Waals surface area contributed by atoms with Gasteiger partial charge in [0.15, 0.2) is 0 Å². The zero-order chi connectivity index (χ0) is 9.90. The van der Waals surface area contributed by atoms with E-state index in [1.54, 1.807) is 0 Å². The molecule has 1 aliphatic rings. The number of likely N-dealkylation sites (N-methyl/N-ethyl adjacent to an activating group) is 1. The van der Waals surface area contributed by atoms with Crippen molar-refractivity contribution < 1.29 is 4.48 Å². The lowest BCUT2D eigenvalue weighted by atomic mass is 10.2. The lowest BCUT2D eigenvalue weighted by Gasteiger charge is -2.21. The largest absolute Gasteiger partial charge is 0.312 e. The van der Waals surface area contributed by atoms with E-state index in [4.69, 9.17) is 0 Å². The first kappa shape index (κ1) is 11.0. The molecule has 0 aromatic carbocycles. The standard InChI is InChI=1S/C12H26N/c1-5-7-8-12-10-13(12,6-2)9-11(3)4/h11-12H,5-10H2,1-4H3/q+1. The molecule has 0 N–H and O–H groups in total. The van der Waals surface area contributed by atoms with Crippen molar-refractivity contribution in [2.75, 3.05) is 19.6 Å². The molecule has 0 aliphatic carbocycles. The van der Waals surface area contributed by atoms with Gasteiger partial charge in [-0.2, -0.15) is 0 Å². The van der Waals surface area contributed by atoms with Gasteiger partial charge in [0, 0.05) is 12.3 Å². The highest BCUT2D eigenvalue weighted by Gasteiger charge is 2.52. The topological polar surface area (TPSA) is 0 Å². The van der Waals surface area contributed by atoms with Crippen LogP contribution in [-0.4, -0.2) is 30.2 Å². The summed E-state index contributed by atoms with van der Waals surface area (Å²) < 4.78 is 1.43. The van der Waals surface area contributed by atoms with Crippen molar-refractivity contribution in [1.29, 1.82) is 0 Å². The predicted octanol–water partition coefficient (Wildman–Crippen LogP) is 3.05.